The monoisotopic (exact) mass is 193 g/mol. The summed E-state index contributed by atoms with van der Waals surface area (Å²) in [6, 6.07) is 7.38. The van der Waals surface area contributed by atoms with Crippen molar-refractivity contribution >= 4 is 47.2 Å². The maximum atomic E-state index is 10.0. The van der Waals surface area contributed by atoms with E-state index in [2.05, 4.69) is 6.07 Å². The molecule has 0 fully saturated rings. The normalized spacial score (nSPS) is 8.67. The van der Waals surface area contributed by atoms with Crippen LogP contribution in [0.4, 0.5) is 5.69 Å². The van der Waals surface area contributed by atoms with Crippen LogP contribution in [-0.2, 0) is 0 Å². The zero-order valence-electron chi connectivity index (χ0n) is 5.48. The average Bonchev–Trinajstić information content (AvgIpc) is 1.93. The van der Waals surface area contributed by atoms with Gasteiger partial charge in [0.25, 0.3) is 11.9 Å². The molecule has 0 aliphatic carbocycles. The van der Waals surface area contributed by atoms with Crippen LogP contribution >= 0.6 is 11.9 Å². The molecule has 12 heavy (non-hydrogen) atoms. The van der Waals surface area contributed by atoms with Crippen LogP contribution in [0.5, 0.6) is 0 Å². The summed E-state index contributed by atoms with van der Waals surface area (Å²) >= 11 is 0.491. The Morgan fingerprint density at radius 1 is 1.67 bits per heavy atom. The molecule has 2 N–H and O–H groups in total. The fourth-order valence-electron chi connectivity index (χ4n) is 0.587. The third kappa shape index (κ3) is 3.44. The fourth-order valence-corrected chi connectivity index (χ4v) is 1.04. The van der Waals surface area contributed by atoms with Crippen LogP contribution in [0.2, 0.25) is 0 Å². The molecule has 6 heteroatoms. The summed E-state index contributed by atoms with van der Waals surface area (Å²) in [5, 5.41) is 10.0. The minimum atomic E-state index is -0.500. The number of hydrogen-bond acceptors (Lipinski definition) is 4. The Kier molecular flexibility index (Phi) is 5.32. The molecule has 0 saturated heterocycles. The van der Waals surface area contributed by atoms with Crippen molar-refractivity contribution in [1.29, 1.82) is 0 Å². The minimum absolute atomic E-state index is 0. The van der Waals surface area contributed by atoms with Gasteiger partial charge in [0.2, 0.25) is 0 Å². The standard InChI is InChI=1S/C6H5N2O2S.Na.H/c7-5-3-1-2-4-6(5)11-8(9)10;;/h1,3-4H,7H2;;. The van der Waals surface area contributed by atoms with Crippen molar-refractivity contribution in [2.75, 3.05) is 5.73 Å². The van der Waals surface area contributed by atoms with Crippen LogP contribution in [0.25, 0.3) is 0 Å². The van der Waals surface area contributed by atoms with E-state index in [9.17, 15) is 10.1 Å². The molecule has 1 radical (unpaired) electrons. The number of nitro groups is 1. The molecule has 0 aliphatic heterocycles. The number of rotatable bonds is 2. The van der Waals surface area contributed by atoms with E-state index in [0.717, 1.165) is 0 Å². The van der Waals surface area contributed by atoms with Crippen LogP contribution in [-0.4, -0.2) is 33.9 Å². The number of benzene rings is 1. The Hall–Kier alpha value is -0.230. The third-order valence-electron chi connectivity index (χ3n) is 1.03. The van der Waals surface area contributed by atoms with E-state index >= 15 is 0 Å². The van der Waals surface area contributed by atoms with Gasteiger partial charge in [0, 0.05) is 0 Å². The topological polar surface area (TPSA) is 69.2 Å². The fraction of sp³-hybridized carbons (Fsp3) is 0. The molecular weight excluding hydrogens is 187 g/mol. The van der Waals surface area contributed by atoms with E-state index in [1.165, 1.54) is 6.07 Å². The Balaban J connectivity index is 0.00000121. The number of nitrogens with two attached hydrogens (primary N) is 1. The number of nitrogen functional groups attached to an aromatic ring is 1. The van der Waals surface area contributed by atoms with Gasteiger partial charge in [0.15, 0.2) is 0 Å². The summed E-state index contributed by atoms with van der Waals surface area (Å²) in [4.78, 5) is 10.4. The molecule has 0 spiro atoms. The Bertz CT molecular complexity index is 282. The van der Waals surface area contributed by atoms with Crippen molar-refractivity contribution in [2.45, 2.75) is 4.90 Å². The molecule has 0 atom stereocenters. The predicted molar refractivity (Wildman–Crippen MR) is 49.7 cm³/mol. The SMILES string of the molecule is Nc1cc[c]cc1S[N+](=O)[O-].[NaH]. The van der Waals surface area contributed by atoms with Gasteiger partial charge in [-0.1, -0.05) is 6.07 Å². The quantitative estimate of drug-likeness (QED) is 0.247. The predicted octanol–water partition coefficient (Wildman–Crippen LogP) is 0.704. The van der Waals surface area contributed by atoms with E-state index in [1.807, 2.05) is 0 Å². The first-order chi connectivity index (χ1) is 5.20. The molecule has 0 amide bonds. The first kappa shape index (κ1) is 11.8. The van der Waals surface area contributed by atoms with Crippen molar-refractivity contribution in [2.24, 2.45) is 0 Å². The van der Waals surface area contributed by atoms with Gasteiger partial charge in [-0.3, -0.25) is 10.1 Å². The summed E-state index contributed by atoms with van der Waals surface area (Å²) in [6.45, 7) is 0. The van der Waals surface area contributed by atoms with Gasteiger partial charge in [0.1, 0.15) is 9.22 Å². The van der Waals surface area contributed by atoms with E-state index in [-0.39, 0.29) is 29.6 Å². The molecule has 0 bridgehead atoms. The van der Waals surface area contributed by atoms with E-state index in [1.54, 1.807) is 12.1 Å². The number of hydrogen-bond donors (Lipinski definition) is 1. The Morgan fingerprint density at radius 2 is 2.33 bits per heavy atom. The summed E-state index contributed by atoms with van der Waals surface area (Å²) in [6.07, 6.45) is 0. The van der Waals surface area contributed by atoms with Gasteiger partial charge in [0.05, 0.1) is 5.69 Å². The van der Waals surface area contributed by atoms with Crippen LogP contribution < -0.4 is 5.73 Å². The van der Waals surface area contributed by atoms with Crippen molar-refractivity contribution in [3.63, 3.8) is 0 Å². The maximum absolute atomic E-state index is 10.0. The molecule has 59 valence electrons. The number of nitrogens with zero attached hydrogens (tertiary/aromatic N) is 1. The van der Waals surface area contributed by atoms with Crippen molar-refractivity contribution < 1.29 is 4.33 Å². The number of anilines is 1. The molecular formula is C6H6N2NaO2S. The van der Waals surface area contributed by atoms with Crippen molar-refractivity contribution in [3.8, 4) is 0 Å². The van der Waals surface area contributed by atoms with Gasteiger partial charge in [-0.25, -0.2) is 0 Å². The molecule has 4 nitrogen and oxygen atoms in total. The molecule has 0 heterocycles. The molecule has 0 unspecified atom stereocenters. The summed E-state index contributed by atoms with van der Waals surface area (Å²) in [7, 11) is 0. The van der Waals surface area contributed by atoms with Crippen molar-refractivity contribution in [1.82, 2.24) is 0 Å². The van der Waals surface area contributed by atoms with Gasteiger partial charge >= 0.3 is 29.6 Å². The molecule has 1 aromatic rings. The second kappa shape index (κ2) is 5.42. The van der Waals surface area contributed by atoms with Gasteiger partial charge in [-0.15, -0.1) is 0 Å². The van der Waals surface area contributed by atoms with Crippen LogP contribution in [0.1, 0.15) is 0 Å². The summed E-state index contributed by atoms with van der Waals surface area (Å²) in [5.74, 6) is 0. The molecule has 0 aliphatic rings. The average molecular weight is 193 g/mol. The van der Waals surface area contributed by atoms with Gasteiger partial charge in [-0.2, -0.15) is 0 Å². The zero-order chi connectivity index (χ0) is 8.27. The Labute approximate surface area is 96.1 Å². The van der Waals surface area contributed by atoms with E-state index < -0.39 is 4.33 Å². The van der Waals surface area contributed by atoms with Crippen LogP contribution in [0, 0.1) is 16.2 Å². The summed E-state index contributed by atoms with van der Waals surface area (Å²) in [5.41, 5.74) is 5.83. The van der Waals surface area contributed by atoms with Gasteiger partial charge < -0.3 is 5.73 Å². The molecule has 1 rings (SSSR count). The summed E-state index contributed by atoms with van der Waals surface area (Å²) < 4.78 is -0.500. The second-order valence-corrected chi connectivity index (χ2v) is 2.70. The molecule has 0 saturated carbocycles. The van der Waals surface area contributed by atoms with Gasteiger partial charge in [-0.05, 0) is 18.2 Å². The van der Waals surface area contributed by atoms with Crippen molar-refractivity contribution in [3.05, 3.63) is 34.4 Å². The van der Waals surface area contributed by atoms with E-state index in [0.29, 0.717) is 22.5 Å². The molecule has 0 aromatic heterocycles. The van der Waals surface area contributed by atoms with Crippen LogP contribution in [0.15, 0.2) is 23.1 Å². The first-order valence-electron chi connectivity index (χ1n) is 2.78. The second-order valence-electron chi connectivity index (χ2n) is 1.78. The van der Waals surface area contributed by atoms with E-state index in [4.69, 9.17) is 5.73 Å². The third-order valence-corrected chi connectivity index (χ3v) is 1.73. The Morgan fingerprint density at radius 3 is 2.83 bits per heavy atom. The van der Waals surface area contributed by atoms with Crippen LogP contribution in [0.3, 0.4) is 0 Å². The first-order valence-corrected chi connectivity index (χ1v) is 3.55. The molecule has 1 aromatic carbocycles. The zero-order valence-corrected chi connectivity index (χ0v) is 6.30.